The third kappa shape index (κ3) is 2.55. The average Bonchev–Trinajstić information content (AvgIpc) is 2.62. The van der Waals surface area contributed by atoms with Crippen LogP contribution >= 0.6 is 0 Å². The molecule has 86 valence electrons. The molecule has 0 atom stereocenters. The van der Waals surface area contributed by atoms with Crippen LogP contribution in [0.2, 0.25) is 0 Å². The van der Waals surface area contributed by atoms with Crippen LogP contribution in [0.15, 0.2) is 12.5 Å². The molecule has 0 amide bonds. The number of nitrogens with zero attached hydrogens (tertiary/aromatic N) is 3. The van der Waals surface area contributed by atoms with Crippen LogP contribution in [-0.4, -0.2) is 42.3 Å². The molecule has 0 fully saturated rings. The summed E-state index contributed by atoms with van der Waals surface area (Å²) in [6, 6.07) is 0. The fourth-order valence-corrected chi connectivity index (χ4v) is 2.00. The summed E-state index contributed by atoms with van der Waals surface area (Å²) in [5, 5.41) is 3.06. The van der Waals surface area contributed by atoms with E-state index >= 15 is 0 Å². The van der Waals surface area contributed by atoms with Crippen molar-refractivity contribution < 1.29 is 8.42 Å². The number of imidazole rings is 1. The van der Waals surface area contributed by atoms with Gasteiger partial charge in [0.2, 0.25) is 0 Å². The lowest BCUT2D eigenvalue weighted by atomic mass is 10.5. The van der Waals surface area contributed by atoms with Crippen LogP contribution in [0.3, 0.4) is 0 Å². The lowest BCUT2D eigenvalue weighted by Crippen LogP contribution is -2.30. The molecule has 15 heavy (non-hydrogen) atoms. The summed E-state index contributed by atoms with van der Waals surface area (Å²) in [7, 11) is -0.462. The maximum absolute atomic E-state index is 11.8. The minimum Gasteiger partial charge on any atom is -0.311 e. The molecule has 0 aliphatic carbocycles. The van der Waals surface area contributed by atoms with Crippen LogP contribution in [0.5, 0.6) is 0 Å². The van der Waals surface area contributed by atoms with Crippen molar-refractivity contribution in [2.45, 2.75) is 13.5 Å². The van der Waals surface area contributed by atoms with Gasteiger partial charge in [0.1, 0.15) is 6.33 Å². The van der Waals surface area contributed by atoms with Crippen LogP contribution in [0.4, 0.5) is 0 Å². The van der Waals surface area contributed by atoms with E-state index in [4.69, 9.17) is 0 Å². The molecule has 0 aliphatic heterocycles. The van der Waals surface area contributed by atoms with Gasteiger partial charge in [-0.2, -0.15) is 12.7 Å². The van der Waals surface area contributed by atoms with Gasteiger partial charge in [0.05, 0.1) is 11.9 Å². The Morgan fingerprint density at radius 3 is 2.73 bits per heavy atom. The molecule has 6 nitrogen and oxygen atoms in total. The van der Waals surface area contributed by atoms with Gasteiger partial charge in [-0.15, -0.1) is 0 Å². The van der Waals surface area contributed by atoms with Gasteiger partial charge in [-0.05, 0) is 6.54 Å². The normalized spacial score (nSPS) is 12.3. The van der Waals surface area contributed by atoms with Crippen molar-refractivity contribution in [3.8, 4) is 0 Å². The summed E-state index contributed by atoms with van der Waals surface area (Å²) in [6.07, 6.45) is 2.85. The molecular weight excluding hydrogens is 216 g/mol. The minimum atomic E-state index is -3.45. The van der Waals surface area contributed by atoms with Crippen molar-refractivity contribution in [3.05, 3.63) is 18.2 Å². The fourth-order valence-electron chi connectivity index (χ4n) is 1.07. The van der Waals surface area contributed by atoms with Gasteiger partial charge < -0.3 is 5.32 Å². The van der Waals surface area contributed by atoms with E-state index in [2.05, 4.69) is 10.3 Å². The average molecular weight is 232 g/mol. The van der Waals surface area contributed by atoms with Crippen LogP contribution in [0, 0.1) is 0 Å². The van der Waals surface area contributed by atoms with Crippen molar-refractivity contribution in [1.29, 1.82) is 0 Å². The standard InChI is InChI=1S/C8H16N4O2S/c1-4-9-5-8-6-10-7-12(8)15(13,14)11(2)3/h6-7,9H,4-5H2,1-3H3. The second kappa shape index (κ2) is 4.73. The Balaban J connectivity index is 3.00. The number of nitrogens with one attached hydrogen (secondary N) is 1. The predicted molar refractivity (Wildman–Crippen MR) is 57.6 cm³/mol. The van der Waals surface area contributed by atoms with E-state index in [1.54, 1.807) is 6.20 Å². The zero-order valence-corrected chi connectivity index (χ0v) is 9.95. The molecular formula is C8H16N4O2S. The van der Waals surface area contributed by atoms with E-state index in [0.29, 0.717) is 12.2 Å². The Hall–Kier alpha value is -0.920. The first kappa shape index (κ1) is 12.2. The molecule has 7 heteroatoms. The summed E-state index contributed by atoms with van der Waals surface area (Å²) in [4.78, 5) is 3.84. The minimum absolute atomic E-state index is 0.490. The zero-order valence-electron chi connectivity index (χ0n) is 9.14. The molecule has 0 spiro atoms. The Bertz CT molecular complexity index is 410. The quantitative estimate of drug-likeness (QED) is 0.753. The Kier molecular flexibility index (Phi) is 3.83. The van der Waals surface area contributed by atoms with Crippen molar-refractivity contribution in [3.63, 3.8) is 0 Å². The highest BCUT2D eigenvalue weighted by molar-refractivity contribution is 7.87. The number of rotatable bonds is 5. The van der Waals surface area contributed by atoms with Crippen LogP contribution in [-0.2, 0) is 16.8 Å². The molecule has 0 bridgehead atoms. The lowest BCUT2D eigenvalue weighted by Gasteiger charge is -2.14. The van der Waals surface area contributed by atoms with Crippen LogP contribution in [0.1, 0.15) is 12.6 Å². The maximum atomic E-state index is 11.8. The molecule has 1 rings (SSSR count). The maximum Gasteiger partial charge on any atom is 0.308 e. The largest absolute Gasteiger partial charge is 0.311 e. The molecule has 1 aromatic rings. The fraction of sp³-hybridized carbons (Fsp3) is 0.625. The first-order valence-electron chi connectivity index (χ1n) is 4.65. The number of hydrogen-bond acceptors (Lipinski definition) is 4. The molecule has 0 aliphatic rings. The first-order valence-corrected chi connectivity index (χ1v) is 6.04. The highest BCUT2D eigenvalue weighted by atomic mass is 32.2. The predicted octanol–water partition coefficient (Wildman–Crippen LogP) is -0.353. The van der Waals surface area contributed by atoms with Gasteiger partial charge in [-0.1, -0.05) is 6.92 Å². The van der Waals surface area contributed by atoms with Crippen molar-refractivity contribution in [2.24, 2.45) is 0 Å². The van der Waals surface area contributed by atoms with E-state index in [-0.39, 0.29) is 0 Å². The van der Waals surface area contributed by atoms with Gasteiger partial charge in [0.15, 0.2) is 0 Å². The highest BCUT2D eigenvalue weighted by Gasteiger charge is 2.18. The highest BCUT2D eigenvalue weighted by Crippen LogP contribution is 2.06. The summed E-state index contributed by atoms with van der Waals surface area (Å²) >= 11 is 0. The smallest absolute Gasteiger partial charge is 0.308 e. The monoisotopic (exact) mass is 232 g/mol. The Morgan fingerprint density at radius 1 is 1.53 bits per heavy atom. The van der Waals surface area contributed by atoms with Crippen molar-refractivity contribution in [2.75, 3.05) is 20.6 Å². The van der Waals surface area contributed by atoms with Gasteiger partial charge in [0, 0.05) is 20.6 Å². The van der Waals surface area contributed by atoms with Gasteiger partial charge in [0.25, 0.3) is 0 Å². The van der Waals surface area contributed by atoms with E-state index < -0.39 is 10.2 Å². The van der Waals surface area contributed by atoms with Crippen LogP contribution in [0.25, 0.3) is 0 Å². The summed E-state index contributed by atoms with van der Waals surface area (Å²) in [5.74, 6) is 0. The van der Waals surface area contributed by atoms with E-state index in [1.165, 1.54) is 24.4 Å². The Morgan fingerprint density at radius 2 is 2.20 bits per heavy atom. The second-order valence-electron chi connectivity index (χ2n) is 3.25. The first-order chi connectivity index (χ1) is 7.00. The summed E-state index contributed by atoms with van der Waals surface area (Å²) in [6.45, 7) is 3.23. The van der Waals surface area contributed by atoms with E-state index in [0.717, 1.165) is 10.8 Å². The zero-order chi connectivity index (χ0) is 11.5. The van der Waals surface area contributed by atoms with E-state index in [9.17, 15) is 8.42 Å². The summed E-state index contributed by atoms with van der Waals surface area (Å²) in [5.41, 5.74) is 0.630. The van der Waals surface area contributed by atoms with Crippen molar-refractivity contribution >= 4 is 10.2 Å². The topological polar surface area (TPSA) is 67.2 Å². The molecule has 0 aromatic carbocycles. The molecule has 0 saturated carbocycles. The number of hydrogen-bond donors (Lipinski definition) is 1. The Labute approximate surface area is 90.1 Å². The van der Waals surface area contributed by atoms with Gasteiger partial charge in [-0.3, -0.25) is 0 Å². The van der Waals surface area contributed by atoms with E-state index in [1.807, 2.05) is 6.92 Å². The van der Waals surface area contributed by atoms with Crippen molar-refractivity contribution in [1.82, 2.24) is 18.6 Å². The molecule has 1 N–H and O–H groups in total. The van der Waals surface area contributed by atoms with Crippen LogP contribution < -0.4 is 5.32 Å². The van der Waals surface area contributed by atoms with Gasteiger partial charge >= 0.3 is 10.2 Å². The third-order valence-corrected chi connectivity index (χ3v) is 3.69. The second-order valence-corrected chi connectivity index (χ2v) is 5.27. The SMILES string of the molecule is CCNCc1cncn1S(=O)(=O)N(C)C. The molecule has 0 radical (unpaired) electrons. The lowest BCUT2D eigenvalue weighted by molar-refractivity contribution is 0.507. The molecule has 1 heterocycles. The summed E-state index contributed by atoms with van der Waals surface area (Å²) < 4.78 is 25.9. The van der Waals surface area contributed by atoms with Gasteiger partial charge in [-0.25, -0.2) is 8.96 Å². The molecule has 0 saturated heterocycles. The molecule has 0 unspecified atom stereocenters. The number of aromatic nitrogens is 2. The molecule has 1 aromatic heterocycles. The third-order valence-electron chi connectivity index (χ3n) is 1.94.